The number of hydrogen-bond donors (Lipinski definition) is 0. The van der Waals surface area contributed by atoms with Crippen molar-refractivity contribution < 1.29 is 0 Å². The first-order valence-corrected chi connectivity index (χ1v) is 5.73. The summed E-state index contributed by atoms with van der Waals surface area (Å²) < 4.78 is 1.98. The number of rotatable bonds is 2. The molecule has 0 N–H and O–H groups in total. The quantitative estimate of drug-likeness (QED) is 0.738. The number of aromatic nitrogens is 2. The van der Waals surface area contributed by atoms with E-state index in [1.807, 2.05) is 11.7 Å². The highest BCUT2D eigenvalue weighted by Crippen LogP contribution is 2.27. The van der Waals surface area contributed by atoms with Gasteiger partial charge >= 0.3 is 0 Å². The summed E-state index contributed by atoms with van der Waals surface area (Å²) in [7, 11) is 2.02. The van der Waals surface area contributed by atoms with Gasteiger partial charge in [-0.15, -0.1) is 0 Å². The summed E-state index contributed by atoms with van der Waals surface area (Å²) in [5, 5.41) is 4.46. The Labute approximate surface area is 92.1 Å². The van der Waals surface area contributed by atoms with Crippen LogP contribution < -0.4 is 0 Å². The van der Waals surface area contributed by atoms with E-state index in [1.165, 1.54) is 23.5 Å². The van der Waals surface area contributed by atoms with Gasteiger partial charge in [-0.25, -0.2) is 0 Å². The monoisotopic (exact) mass is 207 g/mol. The molecule has 0 aromatic carbocycles. The lowest BCUT2D eigenvalue weighted by molar-refractivity contribution is 0.0303. The van der Waals surface area contributed by atoms with Crippen molar-refractivity contribution in [2.75, 3.05) is 6.54 Å². The van der Waals surface area contributed by atoms with Gasteiger partial charge in [0.15, 0.2) is 0 Å². The average Bonchev–Trinajstić information content (AvgIpc) is 2.43. The van der Waals surface area contributed by atoms with E-state index in [9.17, 15) is 0 Å². The third kappa shape index (κ3) is 1.69. The maximum Gasteiger partial charge on any atom is 0.0641 e. The predicted molar refractivity (Wildman–Crippen MR) is 61.7 cm³/mol. The van der Waals surface area contributed by atoms with Gasteiger partial charge in [-0.3, -0.25) is 9.58 Å². The van der Waals surface area contributed by atoms with Crippen LogP contribution in [0.4, 0.5) is 0 Å². The van der Waals surface area contributed by atoms with E-state index in [1.54, 1.807) is 0 Å². The van der Waals surface area contributed by atoms with E-state index in [-0.39, 0.29) is 0 Å². The highest BCUT2D eigenvalue weighted by Gasteiger charge is 2.32. The molecule has 1 aromatic rings. The van der Waals surface area contributed by atoms with Crippen LogP contribution >= 0.6 is 0 Å². The topological polar surface area (TPSA) is 21.1 Å². The minimum Gasteiger partial charge on any atom is -0.296 e. The Morgan fingerprint density at radius 3 is 2.40 bits per heavy atom. The largest absolute Gasteiger partial charge is 0.296 e. The Kier molecular flexibility index (Phi) is 2.59. The second-order valence-electron chi connectivity index (χ2n) is 4.92. The molecule has 84 valence electrons. The molecule has 3 nitrogen and oxygen atoms in total. The van der Waals surface area contributed by atoms with E-state index in [0.29, 0.717) is 0 Å². The average molecular weight is 207 g/mol. The predicted octanol–water partition coefficient (Wildman–Crippen LogP) is 1.88. The first-order valence-electron chi connectivity index (χ1n) is 5.73. The Bertz CT molecular complexity index is 367. The summed E-state index contributed by atoms with van der Waals surface area (Å²) in [6, 6.07) is 0.726. The van der Waals surface area contributed by atoms with Gasteiger partial charge in [-0.1, -0.05) is 6.92 Å². The van der Waals surface area contributed by atoms with Gasteiger partial charge in [0.05, 0.1) is 5.69 Å². The van der Waals surface area contributed by atoms with Crippen molar-refractivity contribution in [2.24, 2.45) is 13.0 Å². The van der Waals surface area contributed by atoms with Crippen LogP contribution in [0.3, 0.4) is 0 Å². The molecule has 1 saturated heterocycles. The highest BCUT2D eigenvalue weighted by molar-refractivity contribution is 5.24. The molecule has 0 amide bonds. The molecule has 2 atom stereocenters. The molecular formula is C12H21N3. The lowest BCUT2D eigenvalue weighted by Gasteiger charge is -2.45. The van der Waals surface area contributed by atoms with Crippen LogP contribution in [-0.2, 0) is 13.6 Å². The molecule has 0 radical (unpaired) electrons. The van der Waals surface area contributed by atoms with Gasteiger partial charge in [0, 0.05) is 37.4 Å². The number of aryl methyl sites for hydroxylation is 2. The van der Waals surface area contributed by atoms with Crippen LogP contribution in [0.2, 0.25) is 0 Å². The third-order valence-corrected chi connectivity index (χ3v) is 3.94. The molecule has 2 heterocycles. The first-order chi connectivity index (χ1) is 7.00. The van der Waals surface area contributed by atoms with E-state index in [0.717, 1.165) is 18.5 Å². The summed E-state index contributed by atoms with van der Waals surface area (Å²) in [6.07, 6.45) is 0. The van der Waals surface area contributed by atoms with Crippen LogP contribution in [0.1, 0.15) is 30.8 Å². The fourth-order valence-corrected chi connectivity index (χ4v) is 2.37. The Balaban J connectivity index is 2.11. The molecule has 15 heavy (non-hydrogen) atoms. The standard InChI is InChI=1S/C12H21N3/c1-8-6-15(10(8)3)7-12-9(2)13-14(5)11(12)4/h8,10H,6-7H2,1-5H3/t8-,10-/m1/s1. The highest BCUT2D eigenvalue weighted by atomic mass is 15.3. The summed E-state index contributed by atoms with van der Waals surface area (Å²) in [5.74, 6) is 0.849. The van der Waals surface area contributed by atoms with Crippen molar-refractivity contribution in [1.29, 1.82) is 0 Å². The van der Waals surface area contributed by atoms with Crippen molar-refractivity contribution in [3.8, 4) is 0 Å². The fourth-order valence-electron chi connectivity index (χ4n) is 2.37. The Morgan fingerprint density at radius 1 is 1.33 bits per heavy atom. The summed E-state index contributed by atoms with van der Waals surface area (Å²) in [4.78, 5) is 2.53. The van der Waals surface area contributed by atoms with Gasteiger partial charge in [-0.2, -0.15) is 5.10 Å². The van der Waals surface area contributed by atoms with Crippen LogP contribution in [0.25, 0.3) is 0 Å². The lowest BCUT2D eigenvalue weighted by atomic mass is 9.91. The van der Waals surface area contributed by atoms with Crippen molar-refractivity contribution in [2.45, 2.75) is 40.3 Å². The zero-order valence-corrected chi connectivity index (χ0v) is 10.4. The number of hydrogen-bond acceptors (Lipinski definition) is 2. The fraction of sp³-hybridized carbons (Fsp3) is 0.750. The van der Waals surface area contributed by atoms with Crippen LogP contribution in [-0.4, -0.2) is 27.3 Å². The van der Waals surface area contributed by atoms with E-state index < -0.39 is 0 Å². The molecule has 1 aliphatic heterocycles. The molecule has 0 spiro atoms. The van der Waals surface area contributed by atoms with Crippen molar-refractivity contribution in [3.05, 3.63) is 17.0 Å². The molecule has 1 aromatic heterocycles. The van der Waals surface area contributed by atoms with E-state index in [2.05, 4.69) is 37.7 Å². The van der Waals surface area contributed by atoms with E-state index >= 15 is 0 Å². The summed E-state index contributed by atoms with van der Waals surface area (Å²) in [5.41, 5.74) is 3.90. The van der Waals surface area contributed by atoms with Gasteiger partial charge < -0.3 is 0 Å². The van der Waals surface area contributed by atoms with Crippen LogP contribution in [0.5, 0.6) is 0 Å². The Hall–Kier alpha value is -0.830. The maximum atomic E-state index is 4.46. The smallest absolute Gasteiger partial charge is 0.0641 e. The zero-order chi connectivity index (χ0) is 11.2. The van der Waals surface area contributed by atoms with Crippen molar-refractivity contribution in [1.82, 2.24) is 14.7 Å². The molecular weight excluding hydrogens is 186 g/mol. The molecule has 1 fully saturated rings. The number of likely N-dealkylation sites (tertiary alicyclic amines) is 1. The Morgan fingerprint density at radius 2 is 2.00 bits per heavy atom. The minimum absolute atomic E-state index is 0.726. The number of nitrogens with zero attached hydrogens (tertiary/aromatic N) is 3. The first kappa shape index (κ1) is 10.7. The minimum atomic E-state index is 0.726. The molecule has 3 heteroatoms. The van der Waals surface area contributed by atoms with Crippen molar-refractivity contribution in [3.63, 3.8) is 0 Å². The zero-order valence-electron chi connectivity index (χ0n) is 10.4. The second-order valence-corrected chi connectivity index (χ2v) is 4.92. The second kappa shape index (κ2) is 3.63. The molecule has 1 aliphatic rings. The van der Waals surface area contributed by atoms with Gasteiger partial charge in [0.25, 0.3) is 0 Å². The molecule has 2 rings (SSSR count). The molecule has 0 saturated carbocycles. The van der Waals surface area contributed by atoms with Gasteiger partial charge in [0.2, 0.25) is 0 Å². The summed E-state index contributed by atoms with van der Waals surface area (Å²) >= 11 is 0. The van der Waals surface area contributed by atoms with E-state index in [4.69, 9.17) is 0 Å². The molecule has 0 aliphatic carbocycles. The maximum absolute atomic E-state index is 4.46. The van der Waals surface area contributed by atoms with Crippen LogP contribution in [0.15, 0.2) is 0 Å². The van der Waals surface area contributed by atoms with Crippen LogP contribution in [0, 0.1) is 19.8 Å². The summed E-state index contributed by atoms with van der Waals surface area (Å²) in [6.45, 7) is 11.2. The third-order valence-electron chi connectivity index (χ3n) is 3.94. The van der Waals surface area contributed by atoms with Gasteiger partial charge in [-0.05, 0) is 26.7 Å². The normalized spacial score (nSPS) is 26.7. The SMILES string of the molecule is Cc1nn(C)c(C)c1CN1C[C@@H](C)[C@H]1C. The van der Waals surface area contributed by atoms with Gasteiger partial charge in [0.1, 0.15) is 0 Å². The van der Waals surface area contributed by atoms with Crippen molar-refractivity contribution >= 4 is 0 Å². The molecule has 0 unspecified atom stereocenters. The lowest BCUT2D eigenvalue weighted by Crippen LogP contribution is -2.52. The molecule has 0 bridgehead atoms.